The SMILES string of the molecule is COc1ccc2[nH]cc(CCN3C(=O)N[C@@H](CCC(=O)NC4CC4)C3=O)c2c1. The van der Waals surface area contributed by atoms with Crippen LogP contribution in [-0.2, 0) is 16.0 Å². The van der Waals surface area contributed by atoms with Crippen molar-refractivity contribution in [3.8, 4) is 5.75 Å². The normalized spacial score (nSPS) is 19.2. The molecule has 0 bridgehead atoms. The number of carbonyl (C=O) groups is 3. The molecule has 8 nitrogen and oxygen atoms in total. The number of aromatic nitrogens is 1. The quantitative estimate of drug-likeness (QED) is 0.603. The van der Waals surface area contributed by atoms with Gasteiger partial charge >= 0.3 is 6.03 Å². The second-order valence-electron chi connectivity index (χ2n) is 7.35. The number of aromatic amines is 1. The molecule has 1 aliphatic heterocycles. The molecule has 28 heavy (non-hydrogen) atoms. The fourth-order valence-corrected chi connectivity index (χ4v) is 3.51. The van der Waals surface area contributed by atoms with Crippen molar-refractivity contribution in [2.75, 3.05) is 13.7 Å². The van der Waals surface area contributed by atoms with E-state index in [1.165, 1.54) is 4.90 Å². The van der Waals surface area contributed by atoms with Gasteiger partial charge in [-0.05, 0) is 49.4 Å². The third-order valence-corrected chi connectivity index (χ3v) is 5.29. The van der Waals surface area contributed by atoms with E-state index in [0.717, 1.165) is 35.1 Å². The predicted octanol–water partition coefficient (Wildman–Crippen LogP) is 1.70. The van der Waals surface area contributed by atoms with Crippen molar-refractivity contribution >= 4 is 28.7 Å². The molecule has 148 valence electrons. The van der Waals surface area contributed by atoms with Crippen molar-refractivity contribution < 1.29 is 19.1 Å². The molecule has 8 heteroatoms. The fourth-order valence-electron chi connectivity index (χ4n) is 3.51. The number of urea groups is 1. The first-order chi connectivity index (χ1) is 13.5. The van der Waals surface area contributed by atoms with Gasteiger partial charge in [0.25, 0.3) is 5.91 Å². The van der Waals surface area contributed by atoms with Crippen LogP contribution in [0.1, 0.15) is 31.2 Å². The molecular formula is C20H24N4O4. The van der Waals surface area contributed by atoms with Gasteiger partial charge < -0.3 is 20.4 Å². The fraction of sp³-hybridized carbons (Fsp3) is 0.450. The van der Waals surface area contributed by atoms with E-state index >= 15 is 0 Å². The Morgan fingerprint density at radius 1 is 1.32 bits per heavy atom. The van der Waals surface area contributed by atoms with Crippen LogP contribution in [0.4, 0.5) is 4.79 Å². The highest BCUT2D eigenvalue weighted by atomic mass is 16.5. The molecule has 2 aliphatic rings. The summed E-state index contributed by atoms with van der Waals surface area (Å²) in [4.78, 5) is 41.0. The molecule has 2 aromatic rings. The molecule has 2 heterocycles. The minimum absolute atomic E-state index is 0.0595. The number of amides is 4. The van der Waals surface area contributed by atoms with Gasteiger partial charge in [0.15, 0.2) is 0 Å². The molecule has 1 saturated heterocycles. The highest BCUT2D eigenvalue weighted by Crippen LogP contribution is 2.24. The zero-order chi connectivity index (χ0) is 19.7. The summed E-state index contributed by atoms with van der Waals surface area (Å²) in [6, 6.07) is 5.04. The monoisotopic (exact) mass is 384 g/mol. The number of hydrogen-bond donors (Lipinski definition) is 3. The maximum Gasteiger partial charge on any atom is 0.324 e. The molecule has 4 rings (SSSR count). The lowest BCUT2D eigenvalue weighted by atomic mass is 10.1. The number of ether oxygens (including phenoxy) is 1. The van der Waals surface area contributed by atoms with Gasteiger partial charge in [-0.25, -0.2) is 4.79 Å². The van der Waals surface area contributed by atoms with Gasteiger partial charge in [0, 0.05) is 36.1 Å². The Morgan fingerprint density at radius 3 is 2.89 bits per heavy atom. The lowest BCUT2D eigenvalue weighted by molar-refractivity contribution is -0.127. The number of nitrogens with zero attached hydrogens (tertiary/aromatic N) is 1. The smallest absolute Gasteiger partial charge is 0.324 e. The molecule has 1 aliphatic carbocycles. The van der Waals surface area contributed by atoms with Crippen LogP contribution in [0.15, 0.2) is 24.4 Å². The summed E-state index contributed by atoms with van der Waals surface area (Å²) in [6.45, 7) is 0.291. The molecule has 0 spiro atoms. The van der Waals surface area contributed by atoms with Crippen LogP contribution in [-0.4, -0.2) is 53.5 Å². The number of carbonyl (C=O) groups excluding carboxylic acids is 3. The zero-order valence-corrected chi connectivity index (χ0v) is 15.8. The van der Waals surface area contributed by atoms with E-state index in [9.17, 15) is 14.4 Å². The summed E-state index contributed by atoms with van der Waals surface area (Å²) in [5.74, 6) is 0.435. The predicted molar refractivity (Wildman–Crippen MR) is 103 cm³/mol. The van der Waals surface area contributed by atoms with Crippen LogP contribution < -0.4 is 15.4 Å². The molecule has 1 aromatic heterocycles. The zero-order valence-electron chi connectivity index (χ0n) is 15.8. The maximum absolute atomic E-state index is 12.6. The van der Waals surface area contributed by atoms with E-state index in [2.05, 4.69) is 15.6 Å². The van der Waals surface area contributed by atoms with Gasteiger partial charge in [-0.2, -0.15) is 0 Å². The first-order valence-corrected chi connectivity index (χ1v) is 9.60. The van der Waals surface area contributed by atoms with Gasteiger partial charge in [-0.3, -0.25) is 14.5 Å². The largest absolute Gasteiger partial charge is 0.497 e. The maximum atomic E-state index is 12.6. The number of H-pyrrole nitrogens is 1. The van der Waals surface area contributed by atoms with Gasteiger partial charge in [-0.1, -0.05) is 0 Å². The van der Waals surface area contributed by atoms with E-state index in [4.69, 9.17) is 4.74 Å². The first-order valence-electron chi connectivity index (χ1n) is 9.60. The average Bonchev–Trinajstić information content (AvgIpc) is 3.34. The lowest BCUT2D eigenvalue weighted by Gasteiger charge is -2.13. The van der Waals surface area contributed by atoms with E-state index < -0.39 is 12.1 Å². The Hall–Kier alpha value is -3.03. The minimum atomic E-state index is -0.625. The van der Waals surface area contributed by atoms with Crippen LogP contribution >= 0.6 is 0 Å². The second kappa shape index (κ2) is 7.53. The molecular weight excluding hydrogens is 360 g/mol. The average molecular weight is 384 g/mol. The molecule has 2 fully saturated rings. The van der Waals surface area contributed by atoms with Crippen molar-refractivity contribution in [1.82, 2.24) is 20.5 Å². The minimum Gasteiger partial charge on any atom is -0.497 e. The summed E-state index contributed by atoms with van der Waals surface area (Å²) < 4.78 is 5.27. The molecule has 3 N–H and O–H groups in total. The Bertz CT molecular complexity index is 918. The Balaban J connectivity index is 1.35. The Labute approximate surface area is 162 Å². The lowest BCUT2D eigenvalue weighted by Crippen LogP contribution is -2.34. The van der Waals surface area contributed by atoms with E-state index in [0.29, 0.717) is 25.4 Å². The van der Waals surface area contributed by atoms with Crippen LogP contribution in [0.2, 0.25) is 0 Å². The highest BCUT2D eigenvalue weighted by molar-refractivity contribution is 6.04. The number of hydrogen-bond acceptors (Lipinski definition) is 4. The second-order valence-corrected chi connectivity index (χ2v) is 7.35. The van der Waals surface area contributed by atoms with Crippen molar-refractivity contribution in [1.29, 1.82) is 0 Å². The van der Waals surface area contributed by atoms with E-state index in [1.807, 2.05) is 24.4 Å². The Morgan fingerprint density at radius 2 is 2.14 bits per heavy atom. The number of benzene rings is 1. The number of nitrogens with one attached hydrogen (secondary N) is 3. The van der Waals surface area contributed by atoms with Crippen LogP contribution in [0.3, 0.4) is 0 Å². The molecule has 1 aromatic carbocycles. The van der Waals surface area contributed by atoms with Crippen LogP contribution in [0, 0.1) is 0 Å². The summed E-state index contributed by atoms with van der Waals surface area (Å²) in [6.07, 6.45) is 5.05. The van der Waals surface area contributed by atoms with Gasteiger partial charge in [0.2, 0.25) is 5.91 Å². The van der Waals surface area contributed by atoms with E-state index in [1.54, 1.807) is 7.11 Å². The number of fused-ring (bicyclic) bond motifs is 1. The van der Waals surface area contributed by atoms with Crippen LogP contribution in [0.25, 0.3) is 10.9 Å². The van der Waals surface area contributed by atoms with Crippen molar-refractivity contribution in [2.45, 2.75) is 44.2 Å². The van der Waals surface area contributed by atoms with Gasteiger partial charge in [0.05, 0.1) is 7.11 Å². The molecule has 4 amide bonds. The molecule has 1 saturated carbocycles. The summed E-state index contributed by atoms with van der Waals surface area (Å²) in [5, 5.41) is 6.60. The molecule has 0 radical (unpaired) electrons. The summed E-state index contributed by atoms with van der Waals surface area (Å²) in [7, 11) is 1.62. The topological polar surface area (TPSA) is 104 Å². The third-order valence-electron chi connectivity index (χ3n) is 5.29. The summed E-state index contributed by atoms with van der Waals surface area (Å²) >= 11 is 0. The third kappa shape index (κ3) is 3.81. The van der Waals surface area contributed by atoms with Crippen molar-refractivity contribution in [2.24, 2.45) is 0 Å². The van der Waals surface area contributed by atoms with Crippen molar-refractivity contribution in [3.05, 3.63) is 30.0 Å². The first kappa shape index (κ1) is 18.3. The van der Waals surface area contributed by atoms with Gasteiger partial charge in [0.1, 0.15) is 11.8 Å². The van der Waals surface area contributed by atoms with Crippen LogP contribution in [0.5, 0.6) is 5.75 Å². The highest BCUT2D eigenvalue weighted by Gasteiger charge is 2.37. The Kier molecular flexibility index (Phi) is 4.93. The number of imide groups is 1. The number of rotatable bonds is 8. The standard InChI is InChI=1S/C20H24N4O4/c1-28-14-4-5-16-15(10-14)12(11-21-16)8-9-24-19(26)17(23-20(24)27)6-7-18(25)22-13-2-3-13/h4-5,10-11,13,17,21H,2-3,6-9H2,1H3,(H,22,25)(H,23,27)/t17-/m0/s1. The van der Waals surface area contributed by atoms with E-state index in [-0.39, 0.29) is 18.2 Å². The van der Waals surface area contributed by atoms with Gasteiger partial charge in [-0.15, -0.1) is 0 Å². The summed E-state index contributed by atoms with van der Waals surface area (Å²) in [5.41, 5.74) is 1.99. The number of methoxy groups -OCH3 is 1. The molecule has 0 unspecified atom stereocenters. The van der Waals surface area contributed by atoms with Crippen molar-refractivity contribution in [3.63, 3.8) is 0 Å². The molecule has 1 atom stereocenters.